The number of rotatable bonds is 12. The molecule has 0 saturated carbocycles. The number of para-hydroxylation sites is 1. The van der Waals surface area contributed by atoms with Crippen LogP contribution in [0.3, 0.4) is 0 Å². The summed E-state index contributed by atoms with van der Waals surface area (Å²) in [4.78, 5) is 34.4. The van der Waals surface area contributed by atoms with Crippen LogP contribution in [-0.4, -0.2) is 50.8 Å². The number of aromatic nitrogens is 4. The van der Waals surface area contributed by atoms with Gasteiger partial charge in [0, 0.05) is 0 Å². The topological polar surface area (TPSA) is 173 Å². The third-order valence-corrected chi connectivity index (χ3v) is 5.92. The second-order valence-corrected chi connectivity index (χ2v) is 9.14. The maximum atomic E-state index is 13.3. The average molecular weight is 494 g/mol. The number of hydrogen-bond acceptors (Lipinski definition) is 10. The minimum Gasteiger partial charge on any atom is -0.462 e. The number of fused-ring (bicyclic) bond motifs is 1. The van der Waals surface area contributed by atoms with E-state index in [9.17, 15) is 14.2 Å². The van der Waals surface area contributed by atoms with Crippen molar-refractivity contribution in [2.45, 2.75) is 39.6 Å². The fourth-order valence-corrected chi connectivity index (χ4v) is 4.25. The standard InChI is InChI=1S/C20H27N6O7P/c1-13(2)32-19(28)14(3)25-34(29,33-15-7-5-4-6-8-15)31-10-9-30-12-26-11-22-16-17(26)23-20(21)24-18(16)27/h4-8,11,13-14H,9-10,12H2,1-3H3,(H,25,29)(H3,21,23,24,27)/t14-,34?/m0/s1. The van der Waals surface area contributed by atoms with Crippen molar-refractivity contribution >= 4 is 30.8 Å². The summed E-state index contributed by atoms with van der Waals surface area (Å²) in [6.45, 7) is 4.78. The van der Waals surface area contributed by atoms with Gasteiger partial charge in [-0.3, -0.25) is 23.7 Å². The number of nitrogens with zero attached hydrogens (tertiary/aromatic N) is 3. The Morgan fingerprint density at radius 2 is 1.97 bits per heavy atom. The Morgan fingerprint density at radius 1 is 1.24 bits per heavy atom. The van der Waals surface area contributed by atoms with E-state index in [-0.39, 0.29) is 43.2 Å². The number of nitrogens with one attached hydrogen (secondary N) is 2. The predicted molar refractivity (Wildman–Crippen MR) is 123 cm³/mol. The Labute approximate surface area is 195 Å². The summed E-state index contributed by atoms with van der Waals surface area (Å²) in [5.41, 5.74) is 5.51. The van der Waals surface area contributed by atoms with Crippen LogP contribution in [0.5, 0.6) is 5.75 Å². The van der Waals surface area contributed by atoms with E-state index in [1.807, 2.05) is 0 Å². The molecule has 0 fully saturated rings. The lowest BCUT2D eigenvalue weighted by atomic mass is 10.3. The molecular weight excluding hydrogens is 467 g/mol. The fourth-order valence-electron chi connectivity index (χ4n) is 2.78. The lowest BCUT2D eigenvalue weighted by Gasteiger charge is -2.23. The Morgan fingerprint density at radius 3 is 2.68 bits per heavy atom. The summed E-state index contributed by atoms with van der Waals surface area (Å²) in [6.07, 6.45) is 1.06. The van der Waals surface area contributed by atoms with Crippen LogP contribution >= 0.6 is 7.75 Å². The van der Waals surface area contributed by atoms with E-state index in [1.165, 1.54) is 17.8 Å². The maximum absolute atomic E-state index is 13.3. The second kappa shape index (κ2) is 11.3. The van der Waals surface area contributed by atoms with Crippen molar-refractivity contribution in [3.05, 3.63) is 47.0 Å². The van der Waals surface area contributed by atoms with Gasteiger partial charge in [-0.2, -0.15) is 10.1 Å². The van der Waals surface area contributed by atoms with Gasteiger partial charge in [0.2, 0.25) is 5.95 Å². The van der Waals surface area contributed by atoms with Gasteiger partial charge in [0.05, 0.1) is 25.6 Å². The Kier molecular flexibility index (Phi) is 8.40. The first-order valence-electron chi connectivity index (χ1n) is 10.4. The molecule has 1 unspecified atom stereocenters. The summed E-state index contributed by atoms with van der Waals surface area (Å²) < 4.78 is 36.5. The van der Waals surface area contributed by atoms with Crippen LogP contribution in [-0.2, 0) is 30.1 Å². The van der Waals surface area contributed by atoms with Crippen molar-refractivity contribution in [3.8, 4) is 5.75 Å². The predicted octanol–water partition coefficient (Wildman–Crippen LogP) is 1.81. The zero-order valence-corrected chi connectivity index (χ0v) is 19.9. The summed E-state index contributed by atoms with van der Waals surface area (Å²) >= 11 is 0. The monoisotopic (exact) mass is 494 g/mol. The molecular formula is C20H27N6O7P. The van der Waals surface area contributed by atoms with Gasteiger partial charge in [-0.05, 0) is 32.9 Å². The number of nitrogen functional groups attached to an aromatic ring is 1. The highest BCUT2D eigenvalue weighted by Crippen LogP contribution is 2.44. The SMILES string of the molecule is CC(C)OC(=O)[C@H](C)NP(=O)(OCCOCn1cnc2c(=O)[nH]c(N)nc21)Oc1ccccc1. The molecule has 0 aliphatic carbocycles. The molecule has 3 aromatic rings. The number of carbonyl (C=O) groups excluding carboxylic acids is 1. The van der Waals surface area contributed by atoms with Crippen LogP contribution in [0.2, 0.25) is 0 Å². The number of nitrogens with two attached hydrogens (primary N) is 1. The largest absolute Gasteiger partial charge is 0.462 e. The minimum atomic E-state index is -3.97. The summed E-state index contributed by atoms with van der Waals surface area (Å²) in [5.74, 6) is -0.347. The molecule has 0 aliphatic rings. The first kappa shape index (κ1) is 25.4. The van der Waals surface area contributed by atoms with Gasteiger partial charge < -0.3 is 19.7 Å². The fraction of sp³-hybridized carbons (Fsp3) is 0.400. The van der Waals surface area contributed by atoms with Gasteiger partial charge in [-0.25, -0.2) is 9.55 Å². The van der Waals surface area contributed by atoms with E-state index in [1.54, 1.807) is 44.2 Å². The molecule has 4 N–H and O–H groups in total. The van der Waals surface area contributed by atoms with E-state index in [0.29, 0.717) is 5.75 Å². The zero-order valence-electron chi connectivity index (χ0n) is 19.0. The summed E-state index contributed by atoms with van der Waals surface area (Å²) in [5, 5.41) is 2.59. The molecule has 2 atom stereocenters. The minimum absolute atomic E-state index is 0.00693. The number of imidazole rings is 1. The smallest absolute Gasteiger partial charge is 0.459 e. The lowest BCUT2D eigenvalue weighted by Crippen LogP contribution is -2.36. The highest BCUT2D eigenvalue weighted by Gasteiger charge is 2.32. The third-order valence-electron chi connectivity index (χ3n) is 4.24. The molecule has 0 amide bonds. The van der Waals surface area contributed by atoms with Gasteiger partial charge in [0.25, 0.3) is 5.56 Å². The second-order valence-electron chi connectivity index (χ2n) is 7.45. The van der Waals surface area contributed by atoms with Crippen molar-refractivity contribution in [2.24, 2.45) is 0 Å². The molecule has 1 aromatic carbocycles. The number of carbonyl (C=O) groups is 1. The van der Waals surface area contributed by atoms with E-state index in [2.05, 4.69) is 20.0 Å². The van der Waals surface area contributed by atoms with Crippen LogP contribution in [0.25, 0.3) is 11.2 Å². The van der Waals surface area contributed by atoms with E-state index < -0.39 is 25.3 Å². The Bertz CT molecular complexity index is 1210. The first-order valence-corrected chi connectivity index (χ1v) is 12.0. The number of benzene rings is 1. The van der Waals surface area contributed by atoms with Crippen LogP contribution in [0.1, 0.15) is 20.8 Å². The normalized spacial score (nSPS) is 14.1. The third kappa shape index (κ3) is 6.87. The highest BCUT2D eigenvalue weighted by atomic mass is 31.2. The van der Waals surface area contributed by atoms with Crippen LogP contribution < -0.4 is 20.9 Å². The lowest BCUT2D eigenvalue weighted by molar-refractivity contribution is -0.149. The average Bonchev–Trinajstić information content (AvgIpc) is 3.16. The van der Waals surface area contributed by atoms with Crippen molar-refractivity contribution in [2.75, 3.05) is 18.9 Å². The molecule has 34 heavy (non-hydrogen) atoms. The van der Waals surface area contributed by atoms with Crippen molar-refractivity contribution in [1.29, 1.82) is 0 Å². The molecule has 2 heterocycles. The van der Waals surface area contributed by atoms with Crippen molar-refractivity contribution in [1.82, 2.24) is 24.6 Å². The number of ether oxygens (including phenoxy) is 2. The van der Waals surface area contributed by atoms with Crippen molar-refractivity contribution < 1.29 is 27.9 Å². The Hall–Kier alpha value is -3.25. The number of esters is 1. The van der Waals surface area contributed by atoms with E-state index in [4.69, 9.17) is 24.3 Å². The molecule has 0 spiro atoms. The highest BCUT2D eigenvalue weighted by molar-refractivity contribution is 7.52. The maximum Gasteiger partial charge on any atom is 0.459 e. The van der Waals surface area contributed by atoms with Gasteiger partial charge in [0.15, 0.2) is 11.2 Å². The molecule has 184 valence electrons. The van der Waals surface area contributed by atoms with Gasteiger partial charge in [-0.15, -0.1) is 0 Å². The number of H-pyrrole nitrogens is 1. The molecule has 13 nitrogen and oxygen atoms in total. The zero-order chi connectivity index (χ0) is 24.7. The van der Waals surface area contributed by atoms with Crippen LogP contribution in [0, 0.1) is 0 Å². The summed E-state index contributed by atoms with van der Waals surface area (Å²) in [6, 6.07) is 7.45. The van der Waals surface area contributed by atoms with Crippen LogP contribution in [0.15, 0.2) is 41.5 Å². The van der Waals surface area contributed by atoms with Gasteiger partial charge in [-0.1, -0.05) is 18.2 Å². The van der Waals surface area contributed by atoms with E-state index in [0.717, 1.165) is 0 Å². The molecule has 14 heteroatoms. The molecule has 0 aliphatic heterocycles. The number of hydrogen-bond donors (Lipinski definition) is 3. The van der Waals surface area contributed by atoms with Gasteiger partial charge >= 0.3 is 13.7 Å². The van der Waals surface area contributed by atoms with E-state index >= 15 is 0 Å². The van der Waals surface area contributed by atoms with Crippen LogP contribution in [0.4, 0.5) is 5.95 Å². The van der Waals surface area contributed by atoms with Crippen molar-refractivity contribution in [3.63, 3.8) is 0 Å². The first-order chi connectivity index (χ1) is 16.2. The Balaban J connectivity index is 1.60. The molecule has 2 aromatic heterocycles. The molecule has 3 rings (SSSR count). The quantitative estimate of drug-likeness (QED) is 0.190. The van der Waals surface area contributed by atoms with Gasteiger partial charge in [0.1, 0.15) is 18.5 Å². The molecule has 0 saturated heterocycles. The summed E-state index contributed by atoms with van der Waals surface area (Å²) in [7, 11) is -3.97. The number of anilines is 1. The number of aromatic amines is 1. The molecule has 0 bridgehead atoms. The molecule has 0 radical (unpaired) electrons.